The first-order valence-electron chi connectivity index (χ1n) is 16.7. The van der Waals surface area contributed by atoms with E-state index in [4.69, 9.17) is 27.1 Å². The summed E-state index contributed by atoms with van der Waals surface area (Å²) < 4.78 is 21.4. The number of hydrogen-bond donors (Lipinski definition) is 0. The molecular formula is C39H42O8. The second kappa shape index (κ2) is 15.4. The Morgan fingerprint density at radius 1 is 0.830 bits per heavy atom. The van der Waals surface area contributed by atoms with Crippen LogP contribution in [0.2, 0.25) is 0 Å². The van der Waals surface area contributed by atoms with E-state index < -0.39 is 36.3 Å². The van der Waals surface area contributed by atoms with Gasteiger partial charge in [-0.25, -0.2) is 9.59 Å². The number of carbonyl (C=O) groups is 4. The lowest BCUT2D eigenvalue weighted by Gasteiger charge is -2.40. The molecule has 0 saturated heterocycles. The van der Waals surface area contributed by atoms with Crippen molar-refractivity contribution in [2.45, 2.75) is 89.1 Å². The minimum atomic E-state index is -0.911. The van der Waals surface area contributed by atoms with Crippen LogP contribution in [0.1, 0.15) is 99.4 Å². The van der Waals surface area contributed by atoms with E-state index in [1.807, 2.05) is 0 Å². The highest BCUT2D eigenvalue weighted by Crippen LogP contribution is 2.43. The number of benzene rings is 2. The van der Waals surface area contributed by atoms with Crippen molar-refractivity contribution in [1.29, 1.82) is 0 Å². The highest BCUT2D eigenvalue weighted by atomic mass is 16.7. The van der Waals surface area contributed by atoms with Crippen LogP contribution < -0.4 is 4.74 Å². The van der Waals surface area contributed by atoms with Crippen molar-refractivity contribution in [2.24, 2.45) is 23.7 Å². The molecule has 3 aliphatic rings. The Balaban J connectivity index is 1.18. The summed E-state index contributed by atoms with van der Waals surface area (Å²) in [6.07, 6.45) is 24.4. The second-order valence-corrected chi connectivity index (χ2v) is 13.0. The number of terminal acetylenes is 2. The van der Waals surface area contributed by atoms with Gasteiger partial charge in [0.05, 0.1) is 17.4 Å². The zero-order chi connectivity index (χ0) is 33.4. The van der Waals surface area contributed by atoms with Crippen LogP contribution in [-0.4, -0.2) is 36.3 Å². The van der Waals surface area contributed by atoms with Crippen LogP contribution in [0.5, 0.6) is 5.75 Å². The van der Waals surface area contributed by atoms with E-state index in [1.54, 1.807) is 30.3 Å². The summed E-state index contributed by atoms with van der Waals surface area (Å²) >= 11 is 0. The van der Waals surface area contributed by atoms with Gasteiger partial charge in [0.1, 0.15) is 5.75 Å². The van der Waals surface area contributed by atoms with Gasteiger partial charge in [-0.3, -0.25) is 9.59 Å². The fraction of sp³-hybridized carbons (Fsp3) is 0.487. The first-order valence-corrected chi connectivity index (χ1v) is 16.7. The predicted octanol–water partition coefficient (Wildman–Crippen LogP) is 7.06. The monoisotopic (exact) mass is 638 g/mol. The van der Waals surface area contributed by atoms with Crippen LogP contribution in [0, 0.1) is 48.4 Å². The molecule has 0 amide bonds. The molecule has 2 aromatic rings. The van der Waals surface area contributed by atoms with Crippen molar-refractivity contribution < 1.29 is 38.1 Å². The minimum absolute atomic E-state index is 0.327. The summed E-state index contributed by atoms with van der Waals surface area (Å²) in [5, 5.41) is 1.37. The van der Waals surface area contributed by atoms with Gasteiger partial charge in [0.25, 0.3) is 0 Å². The van der Waals surface area contributed by atoms with Gasteiger partial charge in [-0.15, -0.1) is 12.8 Å². The smallest absolute Gasteiger partial charge is 0.339 e. The molecule has 3 aliphatic carbocycles. The Morgan fingerprint density at radius 2 is 1.49 bits per heavy atom. The molecule has 0 heterocycles. The van der Waals surface area contributed by atoms with Crippen LogP contribution in [0.3, 0.4) is 0 Å². The van der Waals surface area contributed by atoms with E-state index in [0.29, 0.717) is 72.1 Å². The molecule has 8 heteroatoms. The fourth-order valence-electron chi connectivity index (χ4n) is 7.42. The van der Waals surface area contributed by atoms with Gasteiger partial charge in [-0.05, 0) is 92.9 Å². The van der Waals surface area contributed by atoms with Gasteiger partial charge in [0.15, 0.2) is 5.60 Å². The first-order chi connectivity index (χ1) is 22.7. The van der Waals surface area contributed by atoms with Gasteiger partial charge < -0.3 is 18.9 Å². The van der Waals surface area contributed by atoms with Gasteiger partial charge in [-0.2, -0.15) is 0 Å². The largest absolute Gasteiger partial charge is 0.442 e. The van der Waals surface area contributed by atoms with Crippen molar-refractivity contribution >= 4 is 34.6 Å². The van der Waals surface area contributed by atoms with E-state index in [2.05, 4.69) is 23.2 Å². The molecule has 0 unspecified atom stereocenters. The predicted molar refractivity (Wildman–Crippen MR) is 176 cm³/mol. The van der Waals surface area contributed by atoms with E-state index in [-0.39, 0.29) is 11.8 Å². The number of ether oxygens (including phenoxy) is 4. The number of esters is 4. The quantitative estimate of drug-likeness (QED) is 0.0945. The summed E-state index contributed by atoms with van der Waals surface area (Å²) in [6.45, 7) is 2.81. The third kappa shape index (κ3) is 8.24. The number of rotatable bonds is 9. The molecule has 0 N–H and O–H groups in total. The van der Waals surface area contributed by atoms with Crippen LogP contribution >= 0.6 is 0 Å². The Labute approximate surface area is 276 Å². The molecule has 3 fully saturated rings. The normalized spacial score (nSPS) is 24.6. The van der Waals surface area contributed by atoms with Crippen LogP contribution in [-0.2, 0) is 28.6 Å². The Morgan fingerprint density at radius 3 is 2.13 bits per heavy atom. The average Bonchev–Trinajstić information content (AvgIpc) is 3.11. The molecule has 0 bridgehead atoms. The topological polar surface area (TPSA) is 105 Å². The number of fused-ring (bicyclic) bond motifs is 1. The maximum Gasteiger partial charge on any atom is 0.339 e. The lowest BCUT2D eigenvalue weighted by molar-refractivity contribution is -0.169. The van der Waals surface area contributed by atoms with Crippen molar-refractivity contribution in [2.75, 3.05) is 6.79 Å². The molecule has 2 aromatic carbocycles. The average molecular weight is 639 g/mol. The van der Waals surface area contributed by atoms with E-state index >= 15 is 0 Å². The Kier molecular flexibility index (Phi) is 11.0. The molecule has 5 rings (SSSR count). The molecule has 0 aliphatic heterocycles. The fourth-order valence-corrected chi connectivity index (χ4v) is 7.42. The highest BCUT2D eigenvalue weighted by Gasteiger charge is 2.40. The van der Waals surface area contributed by atoms with Crippen LogP contribution in [0.25, 0.3) is 10.8 Å². The van der Waals surface area contributed by atoms with Crippen molar-refractivity contribution in [1.82, 2.24) is 0 Å². The number of carbonyl (C=O) groups excluding carboxylic acids is 4. The number of hydrogen-bond acceptors (Lipinski definition) is 8. The van der Waals surface area contributed by atoms with E-state index in [1.165, 1.54) is 32.1 Å². The molecule has 8 nitrogen and oxygen atoms in total. The molecular weight excluding hydrogens is 596 g/mol. The van der Waals surface area contributed by atoms with Crippen molar-refractivity contribution in [3.8, 4) is 30.4 Å². The van der Waals surface area contributed by atoms with Gasteiger partial charge in [-0.1, -0.05) is 56.6 Å². The molecule has 3 saturated carbocycles. The summed E-state index contributed by atoms with van der Waals surface area (Å²) in [4.78, 5) is 49.8. The lowest BCUT2D eigenvalue weighted by atomic mass is 9.70. The van der Waals surface area contributed by atoms with E-state index in [0.717, 1.165) is 24.8 Å². The van der Waals surface area contributed by atoms with Gasteiger partial charge >= 0.3 is 23.9 Å². The molecule has 246 valence electrons. The second-order valence-electron chi connectivity index (χ2n) is 13.0. The van der Waals surface area contributed by atoms with Crippen LogP contribution in [0.15, 0.2) is 43.0 Å². The third-order valence-corrected chi connectivity index (χ3v) is 10.2. The van der Waals surface area contributed by atoms with Crippen molar-refractivity contribution in [3.05, 3.63) is 54.1 Å². The zero-order valence-corrected chi connectivity index (χ0v) is 26.8. The maximum absolute atomic E-state index is 13.4. The van der Waals surface area contributed by atoms with Crippen molar-refractivity contribution in [3.63, 3.8) is 0 Å². The van der Waals surface area contributed by atoms with Crippen LogP contribution in [0.4, 0.5) is 0 Å². The SMILES string of the molecule is C#Cc1cc(C(=O)OC2(C#C)CCC(C3CCCCC3)CC2)cc2ccc(OC(=O)C3CCC(C(=O)OCOC(=O)C=C)CC3)cc12. The Bertz CT molecular complexity index is 1590. The highest BCUT2D eigenvalue weighted by molar-refractivity contribution is 5.99. The molecule has 0 atom stereocenters. The summed E-state index contributed by atoms with van der Waals surface area (Å²) in [5.41, 5.74) is -0.111. The summed E-state index contributed by atoms with van der Waals surface area (Å²) in [6, 6.07) is 8.46. The minimum Gasteiger partial charge on any atom is -0.442 e. The maximum atomic E-state index is 13.4. The Hall–Kier alpha value is -4.56. The first kappa shape index (κ1) is 33.8. The van der Waals surface area contributed by atoms with Gasteiger partial charge in [0, 0.05) is 17.0 Å². The third-order valence-electron chi connectivity index (χ3n) is 10.2. The lowest BCUT2D eigenvalue weighted by Crippen LogP contribution is -2.39. The standard InChI is InChI=1S/C39H42O8/c1-4-26-22-32(38(43)47-39(6-3)20-18-28(19-21-39)27-10-8-7-9-11-27)23-31-16-17-33(24-34(26)31)46-37(42)30-14-12-29(13-15-30)36(41)45-25-44-35(40)5-2/h1,3,5,16-17,22-24,27-30H,2,7-15,18-21,25H2. The summed E-state index contributed by atoms with van der Waals surface area (Å²) in [7, 11) is 0. The molecule has 0 radical (unpaired) electrons. The molecule has 0 spiro atoms. The molecule has 0 aromatic heterocycles. The van der Waals surface area contributed by atoms with Gasteiger partial charge in [0.2, 0.25) is 6.79 Å². The summed E-state index contributed by atoms with van der Waals surface area (Å²) in [5.74, 6) is 4.41. The molecule has 47 heavy (non-hydrogen) atoms. The zero-order valence-electron chi connectivity index (χ0n) is 26.8. The van der Waals surface area contributed by atoms with E-state index in [9.17, 15) is 19.2 Å².